The fourth-order valence-corrected chi connectivity index (χ4v) is 2.62. The minimum atomic E-state index is -0.468. The Hall–Kier alpha value is -2.23. The van der Waals surface area contributed by atoms with Crippen LogP contribution in [-0.2, 0) is 9.53 Å². The van der Waals surface area contributed by atoms with Gasteiger partial charge in [-0.3, -0.25) is 14.6 Å². The molecule has 4 heteroatoms. The van der Waals surface area contributed by atoms with Crippen LogP contribution in [0, 0.1) is 5.92 Å². The number of ether oxygens (including phenoxy) is 1. The van der Waals surface area contributed by atoms with E-state index in [0.29, 0.717) is 18.2 Å². The van der Waals surface area contributed by atoms with E-state index in [9.17, 15) is 9.59 Å². The van der Waals surface area contributed by atoms with Crippen LogP contribution in [-0.4, -0.2) is 23.3 Å². The molecule has 0 bridgehead atoms. The molecule has 24 heavy (non-hydrogen) atoms. The van der Waals surface area contributed by atoms with E-state index >= 15 is 0 Å². The van der Waals surface area contributed by atoms with Crippen LogP contribution in [0.2, 0.25) is 0 Å². The lowest BCUT2D eigenvalue weighted by Crippen LogP contribution is -2.17. The number of Topliss-reactive ketones (excluding diaryl/α,β-unsaturated/α-hetero) is 1. The highest BCUT2D eigenvalue weighted by atomic mass is 16.5. The second kappa shape index (κ2) is 9.16. The van der Waals surface area contributed by atoms with Crippen molar-refractivity contribution in [2.75, 3.05) is 6.61 Å². The molecule has 1 heterocycles. The summed E-state index contributed by atoms with van der Waals surface area (Å²) in [5, 5.41) is 1.91. The monoisotopic (exact) mass is 327 g/mol. The number of hydrogen-bond acceptors (Lipinski definition) is 4. The molecule has 0 aliphatic carbocycles. The predicted molar refractivity (Wildman–Crippen MR) is 95.0 cm³/mol. The lowest BCUT2D eigenvalue weighted by atomic mass is 10.0. The summed E-state index contributed by atoms with van der Waals surface area (Å²) in [6.07, 6.45) is 5.71. The Kier molecular flexibility index (Phi) is 6.91. The van der Waals surface area contributed by atoms with Crippen molar-refractivity contribution in [3.63, 3.8) is 0 Å². The summed E-state index contributed by atoms with van der Waals surface area (Å²) in [5.74, 6) is -0.389. The van der Waals surface area contributed by atoms with Gasteiger partial charge in [0.05, 0.1) is 6.61 Å². The van der Waals surface area contributed by atoms with E-state index in [0.717, 1.165) is 36.5 Å². The first kappa shape index (κ1) is 18.1. The van der Waals surface area contributed by atoms with E-state index < -0.39 is 5.97 Å². The highest BCUT2D eigenvalue weighted by Gasteiger charge is 2.16. The number of carbonyl (C=O) groups excluding carboxylic acids is 2. The van der Waals surface area contributed by atoms with E-state index in [1.165, 1.54) is 0 Å². The van der Waals surface area contributed by atoms with Gasteiger partial charge in [0, 0.05) is 11.6 Å². The quantitative estimate of drug-likeness (QED) is 0.385. The highest BCUT2D eigenvalue weighted by molar-refractivity contribution is 6.06. The van der Waals surface area contributed by atoms with Crippen LogP contribution in [0.25, 0.3) is 10.8 Å². The van der Waals surface area contributed by atoms with E-state index in [1.807, 2.05) is 24.3 Å². The summed E-state index contributed by atoms with van der Waals surface area (Å²) in [5.41, 5.74) is 0.309. The molecule has 128 valence electrons. The lowest BCUT2D eigenvalue weighted by Gasteiger charge is -2.14. The third kappa shape index (κ3) is 5.15. The Labute approximate surface area is 143 Å². The summed E-state index contributed by atoms with van der Waals surface area (Å²) < 4.78 is 5.28. The van der Waals surface area contributed by atoms with Gasteiger partial charge in [-0.05, 0) is 23.8 Å². The molecule has 0 N–H and O–H groups in total. The molecule has 1 unspecified atom stereocenters. The molecule has 2 aromatic rings. The number of pyridine rings is 1. The van der Waals surface area contributed by atoms with Gasteiger partial charge in [-0.15, -0.1) is 0 Å². The van der Waals surface area contributed by atoms with E-state index in [2.05, 4.69) is 18.8 Å². The molecule has 0 fully saturated rings. The molecule has 0 saturated carbocycles. The Morgan fingerprint density at radius 3 is 2.62 bits per heavy atom. The molecule has 4 nitrogen and oxygen atoms in total. The summed E-state index contributed by atoms with van der Waals surface area (Å²) in [6.45, 7) is 4.64. The lowest BCUT2D eigenvalue weighted by molar-refractivity contribution is -0.144. The number of carbonyl (C=O) groups is 2. The molecule has 0 saturated heterocycles. The molecule has 1 aromatic heterocycles. The van der Waals surface area contributed by atoms with Gasteiger partial charge in [0.2, 0.25) is 0 Å². The van der Waals surface area contributed by atoms with Crippen LogP contribution in [0.5, 0.6) is 0 Å². The van der Waals surface area contributed by atoms with Crippen LogP contribution in [0.1, 0.15) is 56.4 Å². The van der Waals surface area contributed by atoms with Crippen molar-refractivity contribution in [2.24, 2.45) is 5.92 Å². The predicted octanol–water partition coefficient (Wildman–Crippen LogP) is 4.57. The number of ketones is 1. The van der Waals surface area contributed by atoms with Crippen LogP contribution in [0.15, 0.2) is 36.5 Å². The van der Waals surface area contributed by atoms with Crippen molar-refractivity contribution < 1.29 is 14.3 Å². The van der Waals surface area contributed by atoms with Crippen molar-refractivity contribution in [3.05, 3.63) is 42.2 Å². The third-order valence-electron chi connectivity index (χ3n) is 4.24. The summed E-state index contributed by atoms with van der Waals surface area (Å²) in [4.78, 5) is 28.3. The standard InChI is InChI=1S/C20H25NO3/c1-3-5-8-15(4-2)14-24-20(23)12-19(22)18-11-16-9-6-7-10-17(16)13-21-18/h6-7,9-11,13,15H,3-5,8,12,14H2,1-2H3. The summed E-state index contributed by atoms with van der Waals surface area (Å²) >= 11 is 0. The molecule has 0 spiro atoms. The fourth-order valence-electron chi connectivity index (χ4n) is 2.62. The number of esters is 1. The molecule has 0 aliphatic heterocycles. The normalized spacial score (nSPS) is 12.1. The molecule has 2 rings (SSSR count). The SMILES string of the molecule is CCCCC(CC)COC(=O)CC(=O)c1cc2ccccc2cn1. The number of nitrogens with zero attached hydrogens (tertiary/aromatic N) is 1. The molecule has 0 radical (unpaired) electrons. The smallest absolute Gasteiger partial charge is 0.313 e. The number of rotatable bonds is 9. The molecule has 0 aliphatic rings. The number of aromatic nitrogens is 1. The maximum absolute atomic E-state index is 12.2. The van der Waals surface area contributed by atoms with Crippen LogP contribution in [0.4, 0.5) is 0 Å². The van der Waals surface area contributed by atoms with Crippen molar-refractivity contribution in [2.45, 2.75) is 46.0 Å². The molecular formula is C20H25NO3. The number of fused-ring (bicyclic) bond motifs is 1. The Morgan fingerprint density at radius 1 is 1.17 bits per heavy atom. The fraction of sp³-hybridized carbons (Fsp3) is 0.450. The average molecular weight is 327 g/mol. The summed E-state index contributed by atoms with van der Waals surface area (Å²) in [6, 6.07) is 9.41. The van der Waals surface area contributed by atoms with E-state index in [-0.39, 0.29) is 12.2 Å². The zero-order valence-corrected chi connectivity index (χ0v) is 14.5. The zero-order valence-electron chi connectivity index (χ0n) is 14.5. The van der Waals surface area contributed by atoms with E-state index in [1.54, 1.807) is 12.3 Å². The topological polar surface area (TPSA) is 56.3 Å². The highest BCUT2D eigenvalue weighted by Crippen LogP contribution is 2.15. The Balaban J connectivity index is 1.89. The Bertz CT molecular complexity index is 696. The molecular weight excluding hydrogens is 302 g/mol. The van der Waals surface area contributed by atoms with Crippen LogP contribution >= 0.6 is 0 Å². The van der Waals surface area contributed by atoms with Gasteiger partial charge in [-0.1, -0.05) is 57.4 Å². The molecule has 0 amide bonds. The van der Waals surface area contributed by atoms with Crippen molar-refractivity contribution >= 4 is 22.5 Å². The van der Waals surface area contributed by atoms with Gasteiger partial charge < -0.3 is 4.74 Å². The van der Waals surface area contributed by atoms with Crippen molar-refractivity contribution in [1.29, 1.82) is 0 Å². The average Bonchev–Trinajstić information content (AvgIpc) is 2.61. The second-order valence-electron chi connectivity index (χ2n) is 6.12. The first-order valence-electron chi connectivity index (χ1n) is 8.67. The molecule has 1 aromatic carbocycles. The Morgan fingerprint density at radius 2 is 1.92 bits per heavy atom. The number of hydrogen-bond donors (Lipinski definition) is 0. The van der Waals surface area contributed by atoms with Crippen molar-refractivity contribution in [3.8, 4) is 0 Å². The largest absolute Gasteiger partial charge is 0.465 e. The minimum absolute atomic E-state index is 0.254. The van der Waals surface area contributed by atoms with Gasteiger partial charge >= 0.3 is 5.97 Å². The van der Waals surface area contributed by atoms with Gasteiger partial charge in [0.25, 0.3) is 0 Å². The van der Waals surface area contributed by atoms with Gasteiger partial charge in [0.1, 0.15) is 12.1 Å². The van der Waals surface area contributed by atoms with Gasteiger partial charge in [0.15, 0.2) is 5.78 Å². The van der Waals surface area contributed by atoms with E-state index in [4.69, 9.17) is 4.74 Å². The maximum Gasteiger partial charge on any atom is 0.313 e. The number of benzene rings is 1. The van der Waals surface area contributed by atoms with Crippen LogP contribution in [0.3, 0.4) is 0 Å². The first-order valence-corrected chi connectivity index (χ1v) is 8.67. The van der Waals surface area contributed by atoms with Gasteiger partial charge in [-0.2, -0.15) is 0 Å². The van der Waals surface area contributed by atoms with Crippen molar-refractivity contribution in [1.82, 2.24) is 4.98 Å². The third-order valence-corrected chi connectivity index (χ3v) is 4.24. The molecule has 1 atom stereocenters. The second-order valence-corrected chi connectivity index (χ2v) is 6.12. The van der Waals surface area contributed by atoms with Gasteiger partial charge in [-0.25, -0.2) is 0 Å². The number of unbranched alkanes of at least 4 members (excludes halogenated alkanes) is 1. The summed E-state index contributed by atoms with van der Waals surface area (Å²) in [7, 11) is 0. The van der Waals surface area contributed by atoms with Crippen LogP contribution < -0.4 is 0 Å². The first-order chi connectivity index (χ1) is 11.6. The zero-order chi connectivity index (χ0) is 17.4. The minimum Gasteiger partial charge on any atom is -0.465 e. The maximum atomic E-state index is 12.2.